The Morgan fingerprint density at radius 3 is 2.27 bits per heavy atom. The minimum atomic E-state index is -0.682. The van der Waals surface area contributed by atoms with Crippen LogP contribution in [0.4, 0.5) is 5.69 Å². The van der Waals surface area contributed by atoms with E-state index in [0.717, 1.165) is 5.56 Å². The lowest BCUT2D eigenvalue weighted by Crippen LogP contribution is -2.36. The molecule has 2 rings (SSSR count). The molecule has 0 spiro atoms. The van der Waals surface area contributed by atoms with Gasteiger partial charge in [-0.15, -0.1) is 0 Å². The molecule has 114 valence electrons. The van der Waals surface area contributed by atoms with E-state index in [1.54, 1.807) is 31.4 Å². The third kappa shape index (κ3) is 4.63. The van der Waals surface area contributed by atoms with Crippen LogP contribution in [0.5, 0.6) is 5.75 Å². The first kappa shape index (κ1) is 15.6. The number of ether oxygens (including phenoxy) is 1. The molecule has 0 heterocycles. The van der Waals surface area contributed by atoms with Crippen molar-refractivity contribution in [3.8, 4) is 5.75 Å². The maximum atomic E-state index is 11.8. The third-order valence-corrected chi connectivity index (χ3v) is 3.10. The zero-order chi connectivity index (χ0) is 15.8. The summed E-state index contributed by atoms with van der Waals surface area (Å²) < 4.78 is 5.02. The van der Waals surface area contributed by atoms with Gasteiger partial charge in [-0.25, -0.2) is 0 Å². The van der Waals surface area contributed by atoms with Crippen molar-refractivity contribution in [3.05, 3.63) is 60.2 Å². The summed E-state index contributed by atoms with van der Waals surface area (Å²) in [6.07, 6.45) is 0.683. The number of rotatable bonds is 5. The predicted molar refractivity (Wildman–Crippen MR) is 84.8 cm³/mol. The largest absolute Gasteiger partial charge is 0.497 e. The van der Waals surface area contributed by atoms with Gasteiger partial charge in [-0.05, 0) is 36.2 Å². The van der Waals surface area contributed by atoms with Crippen LogP contribution >= 0.6 is 0 Å². The molecule has 2 aromatic rings. The summed E-state index contributed by atoms with van der Waals surface area (Å²) in [6.45, 7) is 0.416. The summed E-state index contributed by atoms with van der Waals surface area (Å²) >= 11 is 0. The molecule has 5 heteroatoms. The van der Waals surface area contributed by atoms with Crippen LogP contribution in [0.2, 0.25) is 0 Å². The SMILES string of the molecule is COc1ccc(NC(=O)C(=O)NCCc2ccccc2)cc1. The number of carbonyl (C=O) groups excluding carboxylic acids is 2. The lowest BCUT2D eigenvalue weighted by atomic mass is 10.1. The zero-order valence-electron chi connectivity index (χ0n) is 12.3. The van der Waals surface area contributed by atoms with Crippen LogP contribution in [-0.4, -0.2) is 25.5 Å². The maximum Gasteiger partial charge on any atom is 0.313 e. The fraction of sp³-hybridized carbons (Fsp3) is 0.176. The Bertz CT molecular complexity index is 624. The van der Waals surface area contributed by atoms with Crippen molar-refractivity contribution < 1.29 is 14.3 Å². The van der Waals surface area contributed by atoms with Crippen molar-refractivity contribution >= 4 is 17.5 Å². The zero-order valence-corrected chi connectivity index (χ0v) is 12.3. The molecular formula is C17H18N2O3. The molecule has 0 aliphatic rings. The molecule has 5 nitrogen and oxygen atoms in total. The maximum absolute atomic E-state index is 11.8. The first-order valence-electron chi connectivity index (χ1n) is 6.96. The van der Waals surface area contributed by atoms with Gasteiger partial charge in [0, 0.05) is 12.2 Å². The number of benzene rings is 2. The van der Waals surface area contributed by atoms with Crippen molar-refractivity contribution in [2.75, 3.05) is 19.0 Å². The quantitative estimate of drug-likeness (QED) is 0.830. The van der Waals surface area contributed by atoms with Crippen molar-refractivity contribution in [2.45, 2.75) is 6.42 Å². The highest BCUT2D eigenvalue weighted by molar-refractivity contribution is 6.39. The fourth-order valence-corrected chi connectivity index (χ4v) is 1.91. The molecule has 22 heavy (non-hydrogen) atoms. The minimum Gasteiger partial charge on any atom is -0.497 e. The van der Waals surface area contributed by atoms with Crippen molar-refractivity contribution in [3.63, 3.8) is 0 Å². The van der Waals surface area contributed by atoms with Gasteiger partial charge in [0.15, 0.2) is 0 Å². The van der Waals surface area contributed by atoms with Crippen LogP contribution < -0.4 is 15.4 Å². The Hall–Kier alpha value is -2.82. The van der Waals surface area contributed by atoms with E-state index in [4.69, 9.17) is 4.74 Å². The number of nitrogens with one attached hydrogen (secondary N) is 2. The van der Waals surface area contributed by atoms with E-state index in [1.165, 1.54) is 0 Å². The van der Waals surface area contributed by atoms with Gasteiger partial charge >= 0.3 is 11.8 Å². The molecule has 0 aliphatic carbocycles. The third-order valence-electron chi connectivity index (χ3n) is 3.10. The highest BCUT2D eigenvalue weighted by atomic mass is 16.5. The van der Waals surface area contributed by atoms with Crippen molar-refractivity contribution in [1.82, 2.24) is 5.32 Å². The summed E-state index contributed by atoms with van der Waals surface area (Å²) in [4.78, 5) is 23.5. The normalized spacial score (nSPS) is 9.86. The highest BCUT2D eigenvalue weighted by Gasteiger charge is 2.12. The summed E-state index contributed by atoms with van der Waals surface area (Å²) in [5.41, 5.74) is 1.65. The fourth-order valence-electron chi connectivity index (χ4n) is 1.91. The number of anilines is 1. The summed E-state index contributed by atoms with van der Waals surface area (Å²) in [7, 11) is 1.56. The van der Waals surface area contributed by atoms with Crippen LogP contribution in [0, 0.1) is 0 Å². The van der Waals surface area contributed by atoms with E-state index in [-0.39, 0.29) is 0 Å². The van der Waals surface area contributed by atoms with Gasteiger partial charge in [-0.1, -0.05) is 30.3 Å². The summed E-state index contributed by atoms with van der Waals surface area (Å²) in [6, 6.07) is 16.5. The van der Waals surface area contributed by atoms with E-state index in [0.29, 0.717) is 24.4 Å². The molecule has 0 aliphatic heterocycles. The topological polar surface area (TPSA) is 67.4 Å². The van der Waals surface area contributed by atoms with Gasteiger partial charge in [-0.2, -0.15) is 0 Å². The molecule has 2 aromatic carbocycles. The number of hydrogen-bond acceptors (Lipinski definition) is 3. The molecule has 0 bridgehead atoms. The lowest BCUT2D eigenvalue weighted by molar-refractivity contribution is -0.136. The molecule has 0 saturated heterocycles. The van der Waals surface area contributed by atoms with Crippen molar-refractivity contribution in [1.29, 1.82) is 0 Å². The Morgan fingerprint density at radius 1 is 0.955 bits per heavy atom. The smallest absolute Gasteiger partial charge is 0.313 e. The highest BCUT2D eigenvalue weighted by Crippen LogP contribution is 2.14. The van der Waals surface area contributed by atoms with Crippen LogP contribution in [0.15, 0.2) is 54.6 Å². The molecule has 0 unspecified atom stereocenters. The second-order valence-electron chi connectivity index (χ2n) is 4.67. The van der Waals surface area contributed by atoms with E-state index >= 15 is 0 Å². The second-order valence-corrected chi connectivity index (χ2v) is 4.67. The van der Waals surface area contributed by atoms with E-state index in [1.807, 2.05) is 30.3 Å². The second kappa shape index (κ2) is 7.83. The van der Waals surface area contributed by atoms with Crippen LogP contribution in [0.1, 0.15) is 5.56 Å². The van der Waals surface area contributed by atoms with Crippen LogP contribution in [0.25, 0.3) is 0 Å². The average Bonchev–Trinajstić information content (AvgIpc) is 2.56. The van der Waals surface area contributed by atoms with Gasteiger partial charge in [0.25, 0.3) is 0 Å². The molecule has 2 N–H and O–H groups in total. The van der Waals surface area contributed by atoms with Gasteiger partial charge < -0.3 is 15.4 Å². The molecule has 0 atom stereocenters. The molecular weight excluding hydrogens is 280 g/mol. The number of amides is 2. The van der Waals surface area contributed by atoms with Gasteiger partial charge in [-0.3, -0.25) is 9.59 Å². The monoisotopic (exact) mass is 298 g/mol. The number of methoxy groups -OCH3 is 1. The Morgan fingerprint density at radius 2 is 1.64 bits per heavy atom. The first-order chi connectivity index (χ1) is 10.7. The predicted octanol–water partition coefficient (Wildman–Crippen LogP) is 1.99. The summed E-state index contributed by atoms with van der Waals surface area (Å²) in [5.74, 6) is -0.643. The number of carbonyl (C=O) groups is 2. The van der Waals surface area contributed by atoms with Crippen LogP contribution in [0.3, 0.4) is 0 Å². The standard InChI is InChI=1S/C17H18N2O3/c1-22-15-9-7-14(8-10-15)19-17(21)16(20)18-12-11-13-5-3-2-4-6-13/h2-10H,11-12H2,1H3,(H,18,20)(H,19,21). The molecule has 2 amide bonds. The van der Waals surface area contributed by atoms with E-state index < -0.39 is 11.8 Å². The lowest BCUT2D eigenvalue weighted by Gasteiger charge is -2.07. The average molecular weight is 298 g/mol. The minimum absolute atomic E-state index is 0.416. The van der Waals surface area contributed by atoms with Gasteiger partial charge in [0.1, 0.15) is 5.75 Å². The Labute approximate surface area is 129 Å². The molecule has 0 fully saturated rings. The van der Waals surface area contributed by atoms with E-state index in [9.17, 15) is 9.59 Å². The van der Waals surface area contributed by atoms with Gasteiger partial charge in [0.05, 0.1) is 7.11 Å². The van der Waals surface area contributed by atoms with Crippen LogP contribution in [-0.2, 0) is 16.0 Å². The van der Waals surface area contributed by atoms with Crippen molar-refractivity contribution in [2.24, 2.45) is 0 Å². The summed E-state index contributed by atoms with van der Waals surface area (Å²) in [5, 5.41) is 5.13. The van der Waals surface area contributed by atoms with Gasteiger partial charge in [0.2, 0.25) is 0 Å². The molecule has 0 saturated carbocycles. The van der Waals surface area contributed by atoms with E-state index in [2.05, 4.69) is 10.6 Å². The Balaban J connectivity index is 1.78. The molecule has 0 aromatic heterocycles. The first-order valence-corrected chi connectivity index (χ1v) is 6.96. The number of hydrogen-bond donors (Lipinski definition) is 2. The Kier molecular flexibility index (Phi) is 5.54. The molecule has 0 radical (unpaired) electrons.